The molecule has 1 spiro atoms. The highest BCUT2D eigenvalue weighted by Crippen LogP contribution is 2.46. The van der Waals surface area contributed by atoms with Gasteiger partial charge in [-0.05, 0) is 61.8 Å². The van der Waals surface area contributed by atoms with E-state index < -0.39 is 0 Å². The maximum Gasteiger partial charge on any atom is 0.259 e. The Bertz CT molecular complexity index is 741. The summed E-state index contributed by atoms with van der Waals surface area (Å²) in [5.41, 5.74) is 2.23. The van der Waals surface area contributed by atoms with Crippen molar-refractivity contribution in [3.05, 3.63) is 59.7 Å². The van der Waals surface area contributed by atoms with Gasteiger partial charge < -0.3 is 10.2 Å². The Morgan fingerprint density at radius 1 is 1.26 bits per heavy atom. The van der Waals surface area contributed by atoms with Gasteiger partial charge in [0.2, 0.25) is 0 Å². The highest BCUT2D eigenvalue weighted by atomic mass is 19.1. The fourth-order valence-electron chi connectivity index (χ4n) is 3.80. The molecule has 1 N–H and O–H groups in total. The Kier molecular flexibility index (Phi) is 3.38. The zero-order chi connectivity index (χ0) is 15.9. The number of hydrogen-bond acceptors (Lipinski definition) is 3. The zero-order valence-corrected chi connectivity index (χ0v) is 12.8. The number of fused-ring (bicyclic) bond motifs is 2. The minimum absolute atomic E-state index is 0.0682. The van der Waals surface area contributed by atoms with Gasteiger partial charge in [0, 0.05) is 30.0 Å². The molecule has 0 aliphatic carbocycles. The molecule has 1 saturated heterocycles. The van der Waals surface area contributed by atoms with E-state index in [9.17, 15) is 9.18 Å². The van der Waals surface area contributed by atoms with Gasteiger partial charge >= 0.3 is 0 Å². The van der Waals surface area contributed by atoms with Crippen LogP contribution in [0.15, 0.2) is 42.7 Å². The summed E-state index contributed by atoms with van der Waals surface area (Å²) in [6.07, 6.45) is 5.07. The molecule has 5 heteroatoms. The van der Waals surface area contributed by atoms with Crippen LogP contribution in [0.1, 0.15) is 28.8 Å². The van der Waals surface area contributed by atoms with Crippen molar-refractivity contribution in [2.75, 3.05) is 24.5 Å². The topological polar surface area (TPSA) is 45.2 Å². The first-order chi connectivity index (χ1) is 11.2. The van der Waals surface area contributed by atoms with Crippen LogP contribution in [-0.4, -0.2) is 30.5 Å². The van der Waals surface area contributed by atoms with E-state index in [1.807, 2.05) is 0 Å². The molecule has 4 nitrogen and oxygen atoms in total. The van der Waals surface area contributed by atoms with Crippen molar-refractivity contribution in [3.63, 3.8) is 0 Å². The highest BCUT2D eigenvalue weighted by molar-refractivity contribution is 6.07. The van der Waals surface area contributed by atoms with Crippen molar-refractivity contribution in [1.82, 2.24) is 10.3 Å². The lowest BCUT2D eigenvalue weighted by Crippen LogP contribution is -2.44. The van der Waals surface area contributed by atoms with Gasteiger partial charge in [-0.2, -0.15) is 0 Å². The van der Waals surface area contributed by atoms with Gasteiger partial charge in [0.1, 0.15) is 5.82 Å². The zero-order valence-electron chi connectivity index (χ0n) is 12.8. The van der Waals surface area contributed by atoms with E-state index in [0.29, 0.717) is 12.1 Å². The summed E-state index contributed by atoms with van der Waals surface area (Å²) in [5.74, 6) is -0.307. The Balaban J connectivity index is 1.77. The van der Waals surface area contributed by atoms with Gasteiger partial charge in [-0.25, -0.2) is 4.39 Å². The Morgan fingerprint density at radius 2 is 2.09 bits per heavy atom. The fraction of sp³-hybridized carbons (Fsp3) is 0.333. The van der Waals surface area contributed by atoms with Crippen LogP contribution < -0.4 is 10.2 Å². The molecule has 1 aromatic heterocycles. The van der Waals surface area contributed by atoms with Crippen molar-refractivity contribution in [3.8, 4) is 0 Å². The third-order valence-corrected chi connectivity index (χ3v) is 5.00. The van der Waals surface area contributed by atoms with Crippen LogP contribution in [0, 0.1) is 5.82 Å². The van der Waals surface area contributed by atoms with Crippen LogP contribution >= 0.6 is 0 Å². The fourth-order valence-corrected chi connectivity index (χ4v) is 3.80. The smallest absolute Gasteiger partial charge is 0.259 e. The molecule has 2 aliphatic rings. The molecule has 23 heavy (non-hydrogen) atoms. The molecule has 0 bridgehead atoms. The number of nitrogens with one attached hydrogen (secondary N) is 1. The van der Waals surface area contributed by atoms with E-state index >= 15 is 0 Å². The first kappa shape index (κ1) is 14.3. The van der Waals surface area contributed by atoms with Crippen LogP contribution in [0.3, 0.4) is 0 Å². The van der Waals surface area contributed by atoms with E-state index in [1.165, 1.54) is 6.07 Å². The number of hydrogen-bond donors (Lipinski definition) is 1. The van der Waals surface area contributed by atoms with Crippen LogP contribution in [0.25, 0.3) is 0 Å². The Morgan fingerprint density at radius 3 is 2.83 bits per heavy atom. The molecule has 0 unspecified atom stereocenters. The average Bonchev–Trinajstić information content (AvgIpc) is 2.89. The maximum atomic E-state index is 13.8. The number of piperidine rings is 1. The molecule has 118 valence electrons. The van der Waals surface area contributed by atoms with Gasteiger partial charge in [-0.15, -0.1) is 0 Å². The maximum absolute atomic E-state index is 13.8. The monoisotopic (exact) mass is 311 g/mol. The summed E-state index contributed by atoms with van der Waals surface area (Å²) >= 11 is 0. The second-order valence-corrected chi connectivity index (χ2v) is 6.32. The number of benzene rings is 1. The second-order valence-electron chi connectivity index (χ2n) is 6.32. The summed E-state index contributed by atoms with van der Waals surface area (Å²) in [5, 5.41) is 3.35. The lowest BCUT2D eigenvalue weighted by Gasteiger charge is -2.34. The van der Waals surface area contributed by atoms with E-state index in [4.69, 9.17) is 0 Å². The number of rotatable bonds is 1. The molecular weight excluding hydrogens is 293 g/mol. The predicted molar refractivity (Wildman–Crippen MR) is 86.1 cm³/mol. The van der Waals surface area contributed by atoms with Crippen molar-refractivity contribution in [1.29, 1.82) is 0 Å². The standard InChI is InChI=1S/C18H18FN3O/c19-14-3-4-16-15(10-14)18(5-8-20-9-6-18)12-22(16)17(23)13-2-1-7-21-11-13/h1-4,7,10-11,20H,5-6,8-9,12H2. The molecule has 3 heterocycles. The third kappa shape index (κ3) is 2.32. The van der Waals surface area contributed by atoms with Crippen molar-refractivity contribution in [2.24, 2.45) is 0 Å². The first-order valence-electron chi connectivity index (χ1n) is 7.92. The lowest BCUT2D eigenvalue weighted by atomic mass is 9.75. The number of anilines is 1. The number of amides is 1. The van der Waals surface area contributed by atoms with Crippen molar-refractivity contribution < 1.29 is 9.18 Å². The van der Waals surface area contributed by atoms with E-state index in [1.54, 1.807) is 41.6 Å². The third-order valence-electron chi connectivity index (χ3n) is 5.00. The second kappa shape index (κ2) is 5.42. The van der Waals surface area contributed by atoms with Gasteiger partial charge in [-0.1, -0.05) is 0 Å². The minimum Gasteiger partial charge on any atom is -0.317 e. The van der Waals surface area contributed by atoms with Crippen molar-refractivity contribution >= 4 is 11.6 Å². The number of aromatic nitrogens is 1. The SMILES string of the molecule is O=C(c1cccnc1)N1CC2(CCNCC2)c2cc(F)ccc21. The van der Waals surface area contributed by atoms with Gasteiger partial charge in [0.05, 0.1) is 5.56 Å². The average molecular weight is 311 g/mol. The van der Waals surface area contributed by atoms with Crippen LogP contribution in [0.5, 0.6) is 0 Å². The minimum atomic E-state index is -0.239. The molecule has 2 aromatic rings. The molecule has 0 atom stereocenters. The van der Waals surface area contributed by atoms with Crippen LogP contribution in [0.2, 0.25) is 0 Å². The van der Waals surface area contributed by atoms with Crippen LogP contribution in [0.4, 0.5) is 10.1 Å². The summed E-state index contributed by atoms with van der Waals surface area (Å²) < 4.78 is 13.8. The Hall–Kier alpha value is -2.27. The molecule has 4 rings (SSSR count). The molecule has 0 radical (unpaired) electrons. The molecule has 1 amide bonds. The number of nitrogens with zero attached hydrogens (tertiary/aromatic N) is 2. The molecule has 1 aromatic carbocycles. The summed E-state index contributed by atoms with van der Waals surface area (Å²) in [7, 11) is 0. The molecule has 2 aliphatic heterocycles. The number of carbonyl (C=O) groups is 1. The molecule has 0 saturated carbocycles. The predicted octanol–water partition coefficient (Wildman–Crippen LogP) is 2.50. The number of carbonyl (C=O) groups excluding carboxylic acids is 1. The summed E-state index contributed by atoms with van der Waals surface area (Å²) in [6, 6.07) is 8.30. The van der Waals surface area contributed by atoms with Gasteiger partial charge in [-0.3, -0.25) is 9.78 Å². The molecular formula is C18H18FN3O. The summed E-state index contributed by atoms with van der Waals surface area (Å²) in [6.45, 7) is 2.40. The summed E-state index contributed by atoms with van der Waals surface area (Å²) in [4.78, 5) is 18.7. The van der Waals surface area contributed by atoms with E-state index in [2.05, 4.69) is 10.3 Å². The van der Waals surface area contributed by atoms with E-state index in [0.717, 1.165) is 37.2 Å². The highest BCUT2D eigenvalue weighted by Gasteiger charge is 2.45. The van der Waals surface area contributed by atoms with E-state index in [-0.39, 0.29) is 17.1 Å². The lowest BCUT2D eigenvalue weighted by molar-refractivity contribution is 0.0982. The largest absolute Gasteiger partial charge is 0.317 e. The molecule has 1 fully saturated rings. The van der Waals surface area contributed by atoms with Gasteiger partial charge in [0.15, 0.2) is 0 Å². The first-order valence-corrected chi connectivity index (χ1v) is 7.92. The number of pyridine rings is 1. The Labute approximate surface area is 134 Å². The van der Waals surface area contributed by atoms with Crippen molar-refractivity contribution in [2.45, 2.75) is 18.3 Å². The number of halogens is 1. The quantitative estimate of drug-likeness (QED) is 0.880. The normalized spacial score (nSPS) is 18.9. The van der Waals surface area contributed by atoms with Crippen LogP contribution in [-0.2, 0) is 5.41 Å². The van der Waals surface area contributed by atoms with Gasteiger partial charge in [0.25, 0.3) is 5.91 Å².